The number of carbonyl (C=O) groups is 1. The molecular weight excluding hydrogens is 348 g/mol. The minimum Gasteiger partial charge on any atom is -0.340 e. The average Bonchev–Trinajstić information content (AvgIpc) is 3.53. The van der Waals surface area contributed by atoms with E-state index in [4.69, 9.17) is 4.98 Å². The van der Waals surface area contributed by atoms with Crippen LogP contribution in [0, 0.1) is 5.92 Å². The fourth-order valence-corrected chi connectivity index (χ4v) is 4.10. The summed E-state index contributed by atoms with van der Waals surface area (Å²) in [5.74, 6) is 1.80. The van der Waals surface area contributed by atoms with Gasteiger partial charge in [0.2, 0.25) is 5.91 Å². The number of fused-ring (bicyclic) bond motifs is 1. The zero-order valence-electron chi connectivity index (χ0n) is 16.1. The molecule has 144 valence electrons. The zero-order valence-corrected chi connectivity index (χ0v) is 16.1. The average molecular weight is 374 g/mol. The molecule has 0 bridgehead atoms. The quantitative estimate of drug-likeness (QED) is 0.689. The Morgan fingerprint density at radius 1 is 0.893 bits per heavy atom. The Hall–Kier alpha value is -2.66. The molecule has 1 aromatic heterocycles. The molecule has 5 heteroatoms. The number of aromatic nitrogens is 2. The number of carbonyl (C=O) groups excluding carboxylic acids is 1. The van der Waals surface area contributed by atoms with Crippen LogP contribution in [0.1, 0.15) is 24.2 Å². The van der Waals surface area contributed by atoms with Crippen molar-refractivity contribution in [2.75, 3.05) is 26.2 Å². The molecule has 2 fully saturated rings. The summed E-state index contributed by atoms with van der Waals surface area (Å²) in [5, 5.41) is 0. The molecule has 2 aromatic carbocycles. The molecule has 2 aliphatic rings. The van der Waals surface area contributed by atoms with Crippen molar-refractivity contribution >= 4 is 16.9 Å². The van der Waals surface area contributed by atoms with Crippen LogP contribution < -0.4 is 0 Å². The number of hydrogen-bond donors (Lipinski definition) is 0. The van der Waals surface area contributed by atoms with Gasteiger partial charge in [-0.15, -0.1) is 0 Å². The van der Waals surface area contributed by atoms with E-state index in [2.05, 4.69) is 62.9 Å². The Balaban J connectivity index is 1.34. The van der Waals surface area contributed by atoms with Gasteiger partial charge in [-0.25, -0.2) is 4.98 Å². The topological polar surface area (TPSA) is 41.4 Å². The van der Waals surface area contributed by atoms with Gasteiger partial charge in [0.1, 0.15) is 5.82 Å². The first kappa shape index (κ1) is 17.4. The lowest BCUT2D eigenvalue weighted by Crippen LogP contribution is -2.49. The molecule has 1 saturated heterocycles. The fraction of sp³-hybridized carbons (Fsp3) is 0.391. The first-order valence-electron chi connectivity index (χ1n) is 10.3. The van der Waals surface area contributed by atoms with Gasteiger partial charge in [0.05, 0.1) is 17.6 Å². The van der Waals surface area contributed by atoms with E-state index in [1.54, 1.807) is 0 Å². The molecule has 28 heavy (non-hydrogen) atoms. The van der Waals surface area contributed by atoms with Crippen molar-refractivity contribution in [3.8, 4) is 0 Å². The van der Waals surface area contributed by atoms with Gasteiger partial charge in [-0.3, -0.25) is 9.69 Å². The number of benzene rings is 2. The number of piperazine rings is 1. The van der Waals surface area contributed by atoms with Gasteiger partial charge in [0.15, 0.2) is 0 Å². The van der Waals surface area contributed by atoms with Crippen molar-refractivity contribution in [1.82, 2.24) is 19.4 Å². The largest absolute Gasteiger partial charge is 0.340 e. The maximum absolute atomic E-state index is 12.3. The van der Waals surface area contributed by atoms with E-state index in [0.29, 0.717) is 11.8 Å². The molecule has 1 aliphatic heterocycles. The summed E-state index contributed by atoms with van der Waals surface area (Å²) in [5.41, 5.74) is 3.52. The van der Waals surface area contributed by atoms with Crippen LogP contribution in [0.5, 0.6) is 0 Å². The number of imidazole rings is 1. The molecule has 2 heterocycles. The lowest BCUT2D eigenvalue weighted by Gasteiger charge is -2.34. The first-order valence-corrected chi connectivity index (χ1v) is 10.3. The molecule has 0 radical (unpaired) electrons. The Kier molecular flexibility index (Phi) is 4.61. The number of para-hydroxylation sites is 2. The highest BCUT2D eigenvalue weighted by Crippen LogP contribution is 2.31. The van der Waals surface area contributed by atoms with Crippen molar-refractivity contribution in [2.24, 2.45) is 5.92 Å². The van der Waals surface area contributed by atoms with E-state index in [1.807, 2.05) is 6.07 Å². The van der Waals surface area contributed by atoms with Crippen LogP contribution in [0.15, 0.2) is 54.6 Å². The Morgan fingerprint density at radius 3 is 2.36 bits per heavy atom. The second kappa shape index (κ2) is 7.40. The van der Waals surface area contributed by atoms with Crippen LogP contribution in [0.25, 0.3) is 11.0 Å². The zero-order chi connectivity index (χ0) is 18.9. The maximum Gasteiger partial charge on any atom is 0.225 e. The van der Waals surface area contributed by atoms with Crippen molar-refractivity contribution in [3.05, 3.63) is 66.0 Å². The van der Waals surface area contributed by atoms with Crippen molar-refractivity contribution < 1.29 is 4.79 Å². The van der Waals surface area contributed by atoms with Gasteiger partial charge in [0, 0.05) is 38.6 Å². The van der Waals surface area contributed by atoms with Crippen LogP contribution in [-0.2, 0) is 17.9 Å². The highest BCUT2D eigenvalue weighted by molar-refractivity contribution is 5.81. The summed E-state index contributed by atoms with van der Waals surface area (Å²) < 4.78 is 2.34. The molecule has 0 unspecified atom stereocenters. The lowest BCUT2D eigenvalue weighted by atomic mass is 10.2. The summed E-state index contributed by atoms with van der Waals surface area (Å²) in [6.07, 6.45) is 2.17. The summed E-state index contributed by atoms with van der Waals surface area (Å²) in [6, 6.07) is 18.9. The van der Waals surface area contributed by atoms with E-state index in [9.17, 15) is 4.79 Å². The molecule has 0 spiro atoms. The van der Waals surface area contributed by atoms with E-state index in [0.717, 1.165) is 63.5 Å². The highest BCUT2D eigenvalue weighted by atomic mass is 16.2. The molecule has 5 nitrogen and oxygen atoms in total. The number of amides is 1. The second-order valence-corrected chi connectivity index (χ2v) is 7.96. The molecular formula is C23H26N4O. The van der Waals surface area contributed by atoms with Gasteiger partial charge >= 0.3 is 0 Å². The summed E-state index contributed by atoms with van der Waals surface area (Å²) in [7, 11) is 0. The maximum atomic E-state index is 12.3. The second-order valence-electron chi connectivity index (χ2n) is 7.96. The van der Waals surface area contributed by atoms with Crippen LogP contribution in [0.4, 0.5) is 0 Å². The van der Waals surface area contributed by atoms with Crippen LogP contribution in [0.3, 0.4) is 0 Å². The number of rotatable bonds is 5. The van der Waals surface area contributed by atoms with Crippen LogP contribution in [-0.4, -0.2) is 51.4 Å². The SMILES string of the molecule is O=C(C1CC1)N1CCN(Cc2nc3ccccc3n2Cc2ccccc2)CC1. The molecule has 0 atom stereocenters. The third-order valence-electron chi connectivity index (χ3n) is 5.89. The summed E-state index contributed by atoms with van der Waals surface area (Å²) >= 11 is 0. The predicted octanol–water partition coefficient (Wildman–Crippen LogP) is 3.14. The predicted molar refractivity (Wildman–Crippen MR) is 110 cm³/mol. The van der Waals surface area contributed by atoms with Gasteiger partial charge in [-0.05, 0) is 30.5 Å². The molecule has 1 aliphatic carbocycles. The third-order valence-corrected chi connectivity index (χ3v) is 5.89. The van der Waals surface area contributed by atoms with E-state index >= 15 is 0 Å². The van der Waals surface area contributed by atoms with E-state index < -0.39 is 0 Å². The number of nitrogens with zero attached hydrogens (tertiary/aromatic N) is 4. The van der Waals surface area contributed by atoms with Crippen molar-refractivity contribution in [1.29, 1.82) is 0 Å². The van der Waals surface area contributed by atoms with E-state index in [1.165, 1.54) is 11.1 Å². The number of hydrogen-bond acceptors (Lipinski definition) is 3. The first-order chi connectivity index (χ1) is 13.8. The summed E-state index contributed by atoms with van der Waals surface area (Å²) in [6.45, 7) is 5.19. The van der Waals surface area contributed by atoms with Crippen LogP contribution in [0.2, 0.25) is 0 Å². The fourth-order valence-electron chi connectivity index (χ4n) is 4.10. The normalized spacial score (nSPS) is 17.9. The minimum atomic E-state index is 0.321. The lowest BCUT2D eigenvalue weighted by molar-refractivity contribution is -0.134. The molecule has 5 rings (SSSR count). The monoisotopic (exact) mass is 374 g/mol. The molecule has 0 N–H and O–H groups in total. The van der Waals surface area contributed by atoms with Crippen molar-refractivity contribution in [3.63, 3.8) is 0 Å². The highest BCUT2D eigenvalue weighted by Gasteiger charge is 2.34. The van der Waals surface area contributed by atoms with E-state index in [-0.39, 0.29) is 0 Å². The molecule has 1 saturated carbocycles. The Bertz CT molecular complexity index is 969. The third kappa shape index (κ3) is 3.54. The molecule has 1 amide bonds. The standard InChI is InChI=1S/C23H26N4O/c28-23(19-10-11-19)26-14-12-25(13-15-26)17-22-24-20-8-4-5-9-21(20)27(22)16-18-6-2-1-3-7-18/h1-9,19H,10-17H2. The van der Waals surface area contributed by atoms with Gasteiger partial charge in [-0.2, -0.15) is 0 Å². The van der Waals surface area contributed by atoms with Crippen molar-refractivity contribution in [2.45, 2.75) is 25.9 Å². The van der Waals surface area contributed by atoms with Crippen LogP contribution >= 0.6 is 0 Å². The minimum absolute atomic E-state index is 0.321. The Morgan fingerprint density at radius 2 is 1.61 bits per heavy atom. The smallest absolute Gasteiger partial charge is 0.225 e. The molecule has 3 aromatic rings. The van der Waals surface area contributed by atoms with Gasteiger partial charge in [-0.1, -0.05) is 42.5 Å². The van der Waals surface area contributed by atoms with Gasteiger partial charge < -0.3 is 9.47 Å². The summed E-state index contributed by atoms with van der Waals surface area (Å²) in [4.78, 5) is 21.7. The Labute approximate surface area is 165 Å². The van der Waals surface area contributed by atoms with Gasteiger partial charge in [0.25, 0.3) is 0 Å².